The van der Waals surface area contributed by atoms with E-state index in [2.05, 4.69) is 11.6 Å². The molecule has 130 valence electrons. The van der Waals surface area contributed by atoms with Crippen LogP contribution in [0.25, 0.3) is 10.8 Å². The number of nitrogens with one attached hydrogen (secondary N) is 1. The maximum Gasteiger partial charge on any atom is 0.255 e. The summed E-state index contributed by atoms with van der Waals surface area (Å²) in [7, 11) is 0. The van der Waals surface area contributed by atoms with Gasteiger partial charge in [-0.05, 0) is 61.8 Å². The van der Waals surface area contributed by atoms with E-state index < -0.39 is 0 Å². The van der Waals surface area contributed by atoms with Crippen LogP contribution in [0.15, 0.2) is 47.9 Å². The molecule has 1 aliphatic rings. The fraction of sp³-hybridized carbons (Fsp3) is 0.450. The van der Waals surface area contributed by atoms with E-state index in [1.165, 1.54) is 0 Å². The van der Waals surface area contributed by atoms with E-state index >= 15 is 0 Å². The Morgan fingerprint density at radius 1 is 1.33 bits per heavy atom. The first-order valence-electron chi connectivity index (χ1n) is 8.77. The maximum atomic E-state index is 11.7. The fourth-order valence-electron chi connectivity index (χ4n) is 3.21. The number of pyridine rings is 1. The minimum absolute atomic E-state index is 0.0703. The molecule has 0 atom stereocenters. The van der Waals surface area contributed by atoms with Crippen LogP contribution in [0, 0.1) is 0 Å². The number of fused-ring (bicyclic) bond motifs is 1. The van der Waals surface area contributed by atoms with Gasteiger partial charge in [0, 0.05) is 17.1 Å². The molecule has 1 heterocycles. The molecule has 4 heteroatoms. The minimum Gasteiger partial charge on any atom is -0.490 e. The van der Waals surface area contributed by atoms with Gasteiger partial charge in [-0.15, -0.1) is 6.58 Å². The Kier molecular flexibility index (Phi) is 6.21. The normalized spacial score (nSPS) is 23.2. The Labute approximate surface area is 143 Å². The van der Waals surface area contributed by atoms with E-state index in [1.807, 2.05) is 44.2 Å². The van der Waals surface area contributed by atoms with E-state index in [-0.39, 0.29) is 17.2 Å². The number of hydrogen-bond donors (Lipinski definition) is 2. The standard InChI is InChI=1S/C18H22N2O2.C2H6/c1-2-8-18(19)9-5-14(6-10-18)22-15-3-4-16-13(12-15)7-11-20-17(16)21;1-2/h2-4,7,11-12,14H,1,5-6,8-10,19H2,(H,20,21);1-2H3. The molecule has 24 heavy (non-hydrogen) atoms. The second-order valence-electron chi connectivity index (χ2n) is 6.23. The zero-order chi connectivity index (χ0) is 17.6. The van der Waals surface area contributed by atoms with E-state index in [0.717, 1.165) is 43.2 Å². The van der Waals surface area contributed by atoms with Crippen LogP contribution >= 0.6 is 0 Å². The van der Waals surface area contributed by atoms with Gasteiger partial charge in [-0.3, -0.25) is 4.79 Å². The molecule has 1 aliphatic carbocycles. The van der Waals surface area contributed by atoms with Crippen molar-refractivity contribution in [1.82, 2.24) is 4.98 Å². The smallest absolute Gasteiger partial charge is 0.255 e. The van der Waals surface area contributed by atoms with Crippen LogP contribution in [-0.4, -0.2) is 16.6 Å². The zero-order valence-corrected chi connectivity index (χ0v) is 14.7. The number of hydrogen-bond acceptors (Lipinski definition) is 3. The van der Waals surface area contributed by atoms with E-state index in [4.69, 9.17) is 10.5 Å². The topological polar surface area (TPSA) is 68.1 Å². The lowest BCUT2D eigenvalue weighted by Gasteiger charge is -2.36. The summed E-state index contributed by atoms with van der Waals surface area (Å²) in [5, 5.41) is 1.59. The van der Waals surface area contributed by atoms with E-state index in [1.54, 1.807) is 6.20 Å². The molecule has 0 unspecified atom stereocenters. The second kappa shape index (κ2) is 8.15. The van der Waals surface area contributed by atoms with Crippen LogP contribution in [0.2, 0.25) is 0 Å². The predicted octanol–water partition coefficient (Wildman–Crippen LogP) is 4.15. The van der Waals surface area contributed by atoms with Crippen LogP contribution in [-0.2, 0) is 0 Å². The quantitative estimate of drug-likeness (QED) is 0.829. The molecule has 0 amide bonds. The van der Waals surface area contributed by atoms with Gasteiger partial charge in [-0.2, -0.15) is 0 Å². The Balaban J connectivity index is 0.00000100. The molecule has 1 saturated carbocycles. The van der Waals surface area contributed by atoms with Crippen molar-refractivity contribution in [1.29, 1.82) is 0 Å². The first-order valence-corrected chi connectivity index (χ1v) is 8.77. The van der Waals surface area contributed by atoms with Crippen molar-refractivity contribution in [3.05, 3.63) is 53.5 Å². The molecule has 0 saturated heterocycles. The Hall–Kier alpha value is -2.07. The van der Waals surface area contributed by atoms with Crippen molar-refractivity contribution in [3.63, 3.8) is 0 Å². The zero-order valence-electron chi connectivity index (χ0n) is 14.7. The van der Waals surface area contributed by atoms with Crippen molar-refractivity contribution in [3.8, 4) is 5.75 Å². The van der Waals surface area contributed by atoms with Gasteiger partial charge in [0.1, 0.15) is 5.75 Å². The molecule has 0 spiro atoms. The summed E-state index contributed by atoms with van der Waals surface area (Å²) >= 11 is 0. The van der Waals surface area contributed by atoms with Gasteiger partial charge in [-0.1, -0.05) is 19.9 Å². The molecular formula is C20H28N2O2. The third-order valence-electron chi connectivity index (χ3n) is 4.53. The van der Waals surface area contributed by atoms with Gasteiger partial charge in [0.15, 0.2) is 0 Å². The summed E-state index contributed by atoms with van der Waals surface area (Å²) in [5.41, 5.74) is 6.17. The lowest BCUT2D eigenvalue weighted by atomic mass is 9.79. The predicted molar refractivity (Wildman–Crippen MR) is 101 cm³/mol. The number of ether oxygens (including phenoxy) is 1. The molecule has 0 radical (unpaired) electrons. The van der Waals surface area contributed by atoms with Gasteiger partial charge < -0.3 is 15.5 Å². The van der Waals surface area contributed by atoms with Crippen LogP contribution < -0.4 is 16.0 Å². The SMILES string of the molecule is C=CCC1(N)CCC(Oc2ccc3c(=O)[nH]ccc3c2)CC1.CC. The highest BCUT2D eigenvalue weighted by Crippen LogP contribution is 2.32. The first-order chi connectivity index (χ1) is 11.6. The summed E-state index contributed by atoms with van der Waals surface area (Å²) in [6.07, 6.45) is 8.44. The Bertz CT molecular complexity index is 728. The van der Waals surface area contributed by atoms with Crippen molar-refractivity contribution in [2.75, 3.05) is 0 Å². The third kappa shape index (κ3) is 4.26. The molecule has 3 N–H and O–H groups in total. The van der Waals surface area contributed by atoms with Crippen molar-refractivity contribution >= 4 is 10.8 Å². The van der Waals surface area contributed by atoms with Crippen molar-refractivity contribution in [2.24, 2.45) is 5.73 Å². The molecule has 0 aliphatic heterocycles. The molecular weight excluding hydrogens is 300 g/mol. The van der Waals surface area contributed by atoms with Gasteiger partial charge in [-0.25, -0.2) is 0 Å². The average Bonchev–Trinajstić information content (AvgIpc) is 2.59. The number of aromatic nitrogens is 1. The molecule has 1 fully saturated rings. The number of H-pyrrole nitrogens is 1. The summed E-state index contributed by atoms with van der Waals surface area (Å²) in [6.45, 7) is 7.78. The van der Waals surface area contributed by atoms with Gasteiger partial charge in [0.2, 0.25) is 0 Å². The third-order valence-corrected chi connectivity index (χ3v) is 4.53. The summed E-state index contributed by atoms with van der Waals surface area (Å²) in [6, 6.07) is 7.50. The number of aromatic amines is 1. The lowest BCUT2D eigenvalue weighted by Crippen LogP contribution is -2.44. The molecule has 1 aromatic carbocycles. The van der Waals surface area contributed by atoms with Crippen LogP contribution in [0.4, 0.5) is 0 Å². The summed E-state index contributed by atoms with van der Waals surface area (Å²) in [4.78, 5) is 14.4. The van der Waals surface area contributed by atoms with Gasteiger partial charge in [0.05, 0.1) is 6.10 Å². The monoisotopic (exact) mass is 328 g/mol. The van der Waals surface area contributed by atoms with E-state index in [0.29, 0.717) is 5.39 Å². The van der Waals surface area contributed by atoms with Crippen molar-refractivity contribution in [2.45, 2.75) is 57.6 Å². The Morgan fingerprint density at radius 3 is 2.71 bits per heavy atom. The highest BCUT2D eigenvalue weighted by molar-refractivity contribution is 5.82. The first kappa shape index (κ1) is 18.3. The number of rotatable bonds is 4. The van der Waals surface area contributed by atoms with Gasteiger partial charge >= 0.3 is 0 Å². The molecule has 1 aromatic heterocycles. The van der Waals surface area contributed by atoms with Crippen LogP contribution in [0.5, 0.6) is 5.75 Å². The average molecular weight is 328 g/mol. The molecule has 4 nitrogen and oxygen atoms in total. The molecule has 2 aromatic rings. The highest BCUT2D eigenvalue weighted by atomic mass is 16.5. The minimum atomic E-state index is -0.113. The maximum absolute atomic E-state index is 11.7. The summed E-state index contributed by atoms with van der Waals surface area (Å²) in [5.74, 6) is 0.816. The molecule has 3 rings (SSSR count). The fourth-order valence-corrected chi connectivity index (χ4v) is 3.21. The second-order valence-corrected chi connectivity index (χ2v) is 6.23. The Morgan fingerprint density at radius 2 is 2.04 bits per heavy atom. The van der Waals surface area contributed by atoms with Crippen LogP contribution in [0.3, 0.4) is 0 Å². The van der Waals surface area contributed by atoms with Gasteiger partial charge in [0.25, 0.3) is 5.56 Å². The lowest BCUT2D eigenvalue weighted by molar-refractivity contribution is 0.119. The largest absolute Gasteiger partial charge is 0.490 e. The van der Waals surface area contributed by atoms with E-state index in [9.17, 15) is 4.79 Å². The highest BCUT2D eigenvalue weighted by Gasteiger charge is 2.31. The van der Waals surface area contributed by atoms with Crippen LogP contribution in [0.1, 0.15) is 46.0 Å². The molecule has 0 bridgehead atoms. The summed E-state index contributed by atoms with van der Waals surface area (Å²) < 4.78 is 6.08. The number of benzene rings is 1. The van der Waals surface area contributed by atoms with Crippen molar-refractivity contribution < 1.29 is 4.74 Å². The number of nitrogens with two attached hydrogens (primary N) is 1.